The first-order chi connectivity index (χ1) is 11.7. The molecular formula is C14H9Cl2N3O6. The normalized spacial score (nSPS) is 10.2. The maximum Gasteiger partial charge on any atom is 0.314 e. The Hall–Kier alpha value is -3.04. The average Bonchev–Trinajstić information content (AvgIpc) is 2.53. The molecule has 4 N–H and O–H groups in total. The van der Waals surface area contributed by atoms with Gasteiger partial charge in [-0.1, -0.05) is 23.2 Å². The number of carbonyl (C=O) groups is 2. The second kappa shape index (κ2) is 7.24. The number of nitrogens with one attached hydrogen (secondary N) is 2. The van der Waals surface area contributed by atoms with Gasteiger partial charge in [-0.15, -0.1) is 0 Å². The van der Waals surface area contributed by atoms with Crippen LogP contribution in [-0.2, 0) is 9.59 Å². The van der Waals surface area contributed by atoms with Crippen molar-refractivity contribution in [2.75, 3.05) is 10.6 Å². The second-order valence-corrected chi connectivity index (χ2v) is 5.49. The Bertz CT molecular complexity index is 887. The molecule has 130 valence electrons. The van der Waals surface area contributed by atoms with E-state index in [0.29, 0.717) is 0 Å². The summed E-state index contributed by atoms with van der Waals surface area (Å²) in [7, 11) is 0. The van der Waals surface area contributed by atoms with Gasteiger partial charge in [-0.05, 0) is 18.2 Å². The molecule has 0 bridgehead atoms. The number of aromatic hydroxyl groups is 2. The summed E-state index contributed by atoms with van der Waals surface area (Å²) < 4.78 is 0. The number of nitro benzene ring substituents is 1. The van der Waals surface area contributed by atoms with Gasteiger partial charge in [0.1, 0.15) is 5.75 Å². The predicted molar refractivity (Wildman–Crippen MR) is 90.1 cm³/mol. The Morgan fingerprint density at radius 2 is 1.60 bits per heavy atom. The number of non-ortho nitro benzene ring substituents is 1. The van der Waals surface area contributed by atoms with E-state index in [-0.39, 0.29) is 21.4 Å². The zero-order valence-electron chi connectivity index (χ0n) is 12.1. The van der Waals surface area contributed by atoms with Gasteiger partial charge in [0, 0.05) is 11.1 Å². The Morgan fingerprint density at radius 3 is 2.16 bits per heavy atom. The Balaban J connectivity index is 2.14. The lowest BCUT2D eigenvalue weighted by atomic mass is 10.2. The van der Waals surface area contributed by atoms with Crippen molar-refractivity contribution in [2.24, 2.45) is 0 Å². The summed E-state index contributed by atoms with van der Waals surface area (Å²) >= 11 is 11.4. The van der Waals surface area contributed by atoms with Crippen LogP contribution in [0.3, 0.4) is 0 Å². The van der Waals surface area contributed by atoms with Crippen LogP contribution in [0.4, 0.5) is 17.1 Å². The number of hydrogen-bond acceptors (Lipinski definition) is 6. The number of phenolic OH excluding ortho intramolecular Hbond substituents is 2. The Kier molecular flexibility index (Phi) is 5.30. The number of halogens is 2. The van der Waals surface area contributed by atoms with E-state index in [1.807, 2.05) is 0 Å². The van der Waals surface area contributed by atoms with E-state index in [2.05, 4.69) is 10.6 Å². The van der Waals surface area contributed by atoms with E-state index in [0.717, 1.165) is 18.2 Å². The standard InChI is InChI=1S/C14H9Cl2N3O6/c15-6-3-8(16)12(21)10(4-6)18-14(23)13(22)17-9-2-1-7(19(24)25)5-11(9)20/h1-5,20-21H,(H,17,22)(H,18,23). The van der Waals surface area contributed by atoms with Gasteiger partial charge in [-0.2, -0.15) is 0 Å². The molecule has 9 nitrogen and oxygen atoms in total. The van der Waals surface area contributed by atoms with Crippen LogP contribution in [0.5, 0.6) is 11.5 Å². The third-order valence-corrected chi connectivity index (χ3v) is 3.43. The minimum absolute atomic E-state index is 0.117. The van der Waals surface area contributed by atoms with Crippen molar-refractivity contribution in [1.82, 2.24) is 0 Å². The summed E-state index contributed by atoms with van der Waals surface area (Å²) in [6, 6.07) is 5.33. The summed E-state index contributed by atoms with van der Waals surface area (Å²) in [5.74, 6) is -3.46. The summed E-state index contributed by atoms with van der Waals surface area (Å²) in [5, 5.41) is 34.1. The molecule has 2 amide bonds. The molecule has 0 saturated heterocycles. The van der Waals surface area contributed by atoms with E-state index in [9.17, 15) is 29.9 Å². The molecule has 0 unspecified atom stereocenters. The third-order valence-electron chi connectivity index (χ3n) is 2.92. The zero-order valence-corrected chi connectivity index (χ0v) is 13.6. The maximum atomic E-state index is 11.9. The number of nitro groups is 1. The summed E-state index contributed by atoms with van der Waals surface area (Å²) in [6.45, 7) is 0. The lowest BCUT2D eigenvalue weighted by Gasteiger charge is -2.10. The van der Waals surface area contributed by atoms with Crippen LogP contribution in [0.25, 0.3) is 0 Å². The summed E-state index contributed by atoms with van der Waals surface area (Å²) in [6.07, 6.45) is 0. The van der Waals surface area contributed by atoms with E-state index < -0.39 is 33.9 Å². The van der Waals surface area contributed by atoms with Gasteiger partial charge in [0.15, 0.2) is 5.75 Å². The topological polar surface area (TPSA) is 142 Å². The first-order valence-electron chi connectivity index (χ1n) is 6.46. The molecule has 0 fully saturated rings. The monoisotopic (exact) mass is 385 g/mol. The fourth-order valence-corrected chi connectivity index (χ4v) is 2.25. The highest BCUT2D eigenvalue weighted by molar-refractivity contribution is 6.44. The third kappa shape index (κ3) is 4.28. The van der Waals surface area contributed by atoms with Gasteiger partial charge in [0.25, 0.3) is 5.69 Å². The van der Waals surface area contributed by atoms with Crippen LogP contribution < -0.4 is 10.6 Å². The fourth-order valence-electron chi connectivity index (χ4n) is 1.76. The number of phenols is 2. The van der Waals surface area contributed by atoms with Crippen molar-refractivity contribution in [1.29, 1.82) is 0 Å². The highest BCUT2D eigenvalue weighted by atomic mass is 35.5. The van der Waals surface area contributed by atoms with Crippen molar-refractivity contribution in [3.63, 3.8) is 0 Å². The molecule has 2 rings (SSSR count). The van der Waals surface area contributed by atoms with Crippen molar-refractivity contribution in [2.45, 2.75) is 0 Å². The summed E-state index contributed by atoms with van der Waals surface area (Å²) in [4.78, 5) is 33.6. The molecule has 2 aromatic carbocycles. The van der Waals surface area contributed by atoms with E-state index >= 15 is 0 Å². The molecule has 0 aliphatic carbocycles. The molecule has 2 aromatic rings. The van der Waals surface area contributed by atoms with Crippen molar-refractivity contribution < 1.29 is 24.7 Å². The van der Waals surface area contributed by atoms with Crippen LogP contribution in [0.1, 0.15) is 0 Å². The number of anilines is 2. The minimum atomic E-state index is -1.19. The predicted octanol–water partition coefficient (Wildman–Crippen LogP) is 2.89. The van der Waals surface area contributed by atoms with E-state index in [1.165, 1.54) is 12.1 Å². The van der Waals surface area contributed by atoms with Crippen LogP contribution in [0.2, 0.25) is 10.0 Å². The van der Waals surface area contributed by atoms with E-state index in [4.69, 9.17) is 23.2 Å². The molecule has 25 heavy (non-hydrogen) atoms. The zero-order chi connectivity index (χ0) is 18.7. The lowest BCUT2D eigenvalue weighted by molar-refractivity contribution is -0.384. The van der Waals surface area contributed by atoms with Gasteiger partial charge >= 0.3 is 11.8 Å². The van der Waals surface area contributed by atoms with Crippen LogP contribution >= 0.6 is 23.2 Å². The van der Waals surface area contributed by atoms with Gasteiger partial charge in [-0.25, -0.2) is 0 Å². The molecule has 0 aliphatic rings. The first-order valence-corrected chi connectivity index (χ1v) is 7.22. The molecule has 0 radical (unpaired) electrons. The molecule has 0 aliphatic heterocycles. The molecular weight excluding hydrogens is 377 g/mol. The Labute approximate surface area is 149 Å². The van der Waals surface area contributed by atoms with Crippen LogP contribution in [-0.4, -0.2) is 27.0 Å². The molecule has 0 atom stereocenters. The van der Waals surface area contributed by atoms with Crippen molar-refractivity contribution in [3.05, 3.63) is 50.5 Å². The number of nitrogens with zero attached hydrogens (tertiary/aromatic N) is 1. The average molecular weight is 386 g/mol. The smallest absolute Gasteiger partial charge is 0.314 e. The Morgan fingerprint density at radius 1 is 1.00 bits per heavy atom. The summed E-state index contributed by atoms with van der Waals surface area (Å²) in [5.41, 5.74) is -0.789. The SMILES string of the molecule is O=C(Nc1ccc([N+](=O)[O-])cc1O)C(=O)Nc1cc(Cl)cc(Cl)c1O. The number of benzene rings is 2. The second-order valence-electron chi connectivity index (χ2n) is 4.65. The van der Waals surface area contributed by atoms with Gasteiger partial charge in [0.05, 0.1) is 27.4 Å². The first kappa shape index (κ1) is 18.3. The van der Waals surface area contributed by atoms with Crippen molar-refractivity contribution >= 4 is 52.1 Å². The number of rotatable bonds is 3. The molecule has 0 saturated carbocycles. The van der Waals surface area contributed by atoms with Gasteiger partial charge in [-0.3, -0.25) is 19.7 Å². The molecule has 0 aromatic heterocycles. The molecule has 0 heterocycles. The molecule has 11 heteroatoms. The van der Waals surface area contributed by atoms with E-state index in [1.54, 1.807) is 0 Å². The largest absolute Gasteiger partial charge is 0.506 e. The van der Waals surface area contributed by atoms with Crippen molar-refractivity contribution in [3.8, 4) is 11.5 Å². The van der Waals surface area contributed by atoms with Crippen LogP contribution in [0, 0.1) is 10.1 Å². The fraction of sp³-hybridized carbons (Fsp3) is 0. The highest BCUT2D eigenvalue weighted by Crippen LogP contribution is 2.35. The number of hydrogen-bond donors (Lipinski definition) is 4. The maximum absolute atomic E-state index is 11.9. The number of carbonyl (C=O) groups excluding carboxylic acids is 2. The minimum Gasteiger partial charge on any atom is -0.506 e. The molecule has 0 spiro atoms. The van der Waals surface area contributed by atoms with Gasteiger partial charge in [0.2, 0.25) is 0 Å². The van der Waals surface area contributed by atoms with Crippen LogP contribution in [0.15, 0.2) is 30.3 Å². The number of amides is 2. The van der Waals surface area contributed by atoms with Gasteiger partial charge < -0.3 is 20.8 Å². The highest BCUT2D eigenvalue weighted by Gasteiger charge is 2.19. The lowest BCUT2D eigenvalue weighted by Crippen LogP contribution is -2.29. The quantitative estimate of drug-likeness (QED) is 0.277.